The SMILES string of the molecule is O=C(O)c1c(Br)cc(OCc2ccccc2)c(C(F)(F)F)c1F. The Morgan fingerprint density at radius 3 is 2.35 bits per heavy atom. The van der Waals surface area contributed by atoms with Gasteiger partial charge in [-0.05, 0) is 27.6 Å². The highest BCUT2D eigenvalue weighted by atomic mass is 79.9. The van der Waals surface area contributed by atoms with Crippen molar-refractivity contribution in [1.29, 1.82) is 0 Å². The monoisotopic (exact) mass is 392 g/mol. The molecule has 2 rings (SSSR count). The molecule has 0 aliphatic carbocycles. The first-order valence-corrected chi connectivity index (χ1v) is 7.00. The fraction of sp³-hybridized carbons (Fsp3) is 0.133. The predicted octanol–water partition coefficient (Wildman–Crippen LogP) is 4.88. The molecule has 0 aromatic heterocycles. The summed E-state index contributed by atoms with van der Waals surface area (Å²) >= 11 is 2.76. The molecule has 0 amide bonds. The lowest BCUT2D eigenvalue weighted by Crippen LogP contribution is -2.15. The lowest BCUT2D eigenvalue weighted by atomic mass is 10.1. The third-order valence-electron chi connectivity index (χ3n) is 2.92. The summed E-state index contributed by atoms with van der Waals surface area (Å²) in [7, 11) is 0. The van der Waals surface area contributed by atoms with Crippen molar-refractivity contribution >= 4 is 21.9 Å². The van der Waals surface area contributed by atoms with Crippen LogP contribution in [0.15, 0.2) is 40.9 Å². The molecular formula is C15H9BrF4O3. The van der Waals surface area contributed by atoms with Crippen molar-refractivity contribution in [3.63, 3.8) is 0 Å². The van der Waals surface area contributed by atoms with Crippen LogP contribution in [0.4, 0.5) is 17.6 Å². The van der Waals surface area contributed by atoms with Crippen molar-refractivity contribution in [3.8, 4) is 5.75 Å². The zero-order valence-electron chi connectivity index (χ0n) is 11.3. The van der Waals surface area contributed by atoms with Crippen LogP contribution < -0.4 is 4.74 Å². The van der Waals surface area contributed by atoms with Crippen molar-refractivity contribution in [3.05, 3.63) is 63.4 Å². The molecule has 23 heavy (non-hydrogen) atoms. The normalized spacial score (nSPS) is 11.3. The Balaban J connectivity index is 2.48. The van der Waals surface area contributed by atoms with Crippen LogP contribution in [0.5, 0.6) is 5.75 Å². The van der Waals surface area contributed by atoms with Gasteiger partial charge < -0.3 is 9.84 Å². The minimum Gasteiger partial charge on any atom is -0.488 e. The van der Waals surface area contributed by atoms with Crippen LogP contribution in [0.1, 0.15) is 21.5 Å². The second-order valence-electron chi connectivity index (χ2n) is 4.50. The van der Waals surface area contributed by atoms with Gasteiger partial charge in [0.2, 0.25) is 0 Å². The van der Waals surface area contributed by atoms with Crippen molar-refractivity contribution in [1.82, 2.24) is 0 Å². The summed E-state index contributed by atoms with van der Waals surface area (Å²) in [4.78, 5) is 10.9. The third-order valence-corrected chi connectivity index (χ3v) is 3.54. The zero-order chi connectivity index (χ0) is 17.2. The van der Waals surface area contributed by atoms with E-state index in [0.29, 0.717) is 5.56 Å². The van der Waals surface area contributed by atoms with Gasteiger partial charge in [0.05, 0.1) is 0 Å². The average Bonchev–Trinajstić information content (AvgIpc) is 2.43. The van der Waals surface area contributed by atoms with Gasteiger partial charge in [-0.1, -0.05) is 30.3 Å². The Morgan fingerprint density at radius 2 is 1.83 bits per heavy atom. The van der Waals surface area contributed by atoms with Crippen LogP contribution in [0.3, 0.4) is 0 Å². The molecule has 8 heteroatoms. The summed E-state index contributed by atoms with van der Waals surface area (Å²) in [5.74, 6) is -4.48. The van der Waals surface area contributed by atoms with Gasteiger partial charge in [-0.3, -0.25) is 0 Å². The van der Waals surface area contributed by atoms with Crippen molar-refractivity contribution in [2.24, 2.45) is 0 Å². The Hall–Kier alpha value is -2.09. The number of aromatic carboxylic acids is 1. The van der Waals surface area contributed by atoms with Crippen LogP contribution in [0, 0.1) is 5.82 Å². The zero-order valence-corrected chi connectivity index (χ0v) is 12.9. The lowest BCUT2D eigenvalue weighted by molar-refractivity contribution is -0.141. The minimum atomic E-state index is -5.10. The standard InChI is InChI=1S/C15H9BrF4O3/c16-9-6-10(23-7-8-4-2-1-3-5-8)12(15(18,19)20)13(17)11(9)14(21)22/h1-6H,7H2,(H,21,22). The van der Waals surface area contributed by atoms with E-state index >= 15 is 0 Å². The number of hydrogen-bond donors (Lipinski definition) is 1. The molecule has 2 aromatic rings. The van der Waals surface area contributed by atoms with Crippen LogP contribution in [0.25, 0.3) is 0 Å². The molecular weight excluding hydrogens is 384 g/mol. The number of benzene rings is 2. The van der Waals surface area contributed by atoms with E-state index in [1.807, 2.05) is 0 Å². The molecule has 0 saturated heterocycles. The fourth-order valence-electron chi connectivity index (χ4n) is 1.91. The maximum Gasteiger partial charge on any atom is 0.422 e. The summed E-state index contributed by atoms with van der Waals surface area (Å²) < 4.78 is 58.0. The molecule has 0 atom stereocenters. The average molecular weight is 393 g/mol. The molecule has 0 saturated carbocycles. The van der Waals surface area contributed by atoms with Crippen molar-refractivity contribution in [2.45, 2.75) is 12.8 Å². The molecule has 0 aliphatic heterocycles. The van der Waals surface area contributed by atoms with Gasteiger partial charge >= 0.3 is 12.1 Å². The topological polar surface area (TPSA) is 46.5 Å². The predicted molar refractivity (Wildman–Crippen MR) is 76.8 cm³/mol. The Morgan fingerprint density at radius 1 is 1.22 bits per heavy atom. The van der Waals surface area contributed by atoms with E-state index < -0.39 is 34.8 Å². The van der Waals surface area contributed by atoms with Crippen molar-refractivity contribution in [2.75, 3.05) is 0 Å². The second-order valence-corrected chi connectivity index (χ2v) is 5.35. The molecule has 2 aromatic carbocycles. The number of alkyl halides is 3. The number of halogens is 5. The van der Waals surface area contributed by atoms with Gasteiger partial charge in [-0.2, -0.15) is 13.2 Å². The van der Waals surface area contributed by atoms with Crippen LogP contribution in [-0.2, 0) is 12.8 Å². The van der Waals surface area contributed by atoms with E-state index in [1.165, 1.54) is 0 Å². The number of ether oxygens (including phenoxy) is 1. The third kappa shape index (κ3) is 3.82. The number of carboxylic acids is 1. The van der Waals surface area contributed by atoms with Gasteiger partial charge in [-0.25, -0.2) is 9.18 Å². The first-order chi connectivity index (χ1) is 10.7. The van der Waals surface area contributed by atoms with Crippen molar-refractivity contribution < 1.29 is 32.2 Å². The number of carbonyl (C=O) groups is 1. The molecule has 0 aliphatic rings. The van der Waals surface area contributed by atoms with Gasteiger partial charge in [-0.15, -0.1) is 0 Å². The maximum atomic E-state index is 14.1. The van der Waals surface area contributed by atoms with E-state index in [9.17, 15) is 22.4 Å². The second kappa shape index (κ2) is 6.57. The smallest absolute Gasteiger partial charge is 0.422 e. The van der Waals surface area contributed by atoms with E-state index in [2.05, 4.69) is 15.9 Å². The first kappa shape index (κ1) is 17.3. The Kier molecular flexibility index (Phi) is 4.93. The fourth-order valence-corrected chi connectivity index (χ4v) is 2.46. The van der Waals surface area contributed by atoms with Crippen LogP contribution >= 0.6 is 15.9 Å². The van der Waals surface area contributed by atoms with E-state index in [1.54, 1.807) is 30.3 Å². The highest BCUT2D eigenvalue weighted by Gasteiger charge is 2.41. The highest BCUT2D eigenvalue weighted by molar-refractivity contribution is 9.10. The van der Waals surface area contributed by atoms with E-state index in [0.717, 1.165) is 6.07 Å². The van der Waals surface area contributed by atoms with E-state index in [-0.39, 0.29) is 11.1 Å². The van der Waals surface area contributed by atoms with Gasteiger partial charge in [0.1, 0.15) is 23.5 Å². The number of rotatable bonds is 4. The maximum absolute atomic E-state index is 14.1. The summed E-state index contributed by atoms with van der Waals surface area (Å²) in [6.07, 6.45) is -5.10. The molecule has 0 radical (unpaired) electrons. The van der Waals surface area contributed by atoms with Gasteiger partial charge in [0.15, 0.2) is 5.82 Å². The van der Waals surface area contributed by atoms with Gasteiger partial charge in [0.25, 0.3) is 0 Å². The summed E-state index contributed by atoms with van der Waals surface area (Å²) in [6.45, 7) is -0.220. The molecule has 0 spiro atoms. The molecule has 0 bridgehead atoms. The van der Waals surface area contributed by atoms with Crippen LogP contribution in [0.2, 0.25) is 0 Å². The lowest BCUT2D eigenvalue weighted by Gasteiger charge is -2.17. The summed E-state index contributed by atoms with van der Waals surface area (Å²) in [5, 5.41) is 8.86. The molecule has 3 nitrogen and oxygen atoms in total. The summed E-state index contributed by atoms with van der Waals surface area (Å²) in [6, 6.07) is 9.14. The molecule has 0 unspecified atom stereocenters. The van der Waals surface area contributed by atoms with Gasteiger partial charge in [0, 0.05) is 4.47 Å². The number of hydrogen-bond acceptors (Lipinski definition) is 2. The minimum absolute atomic E-state index is 0.220. The number of carboxylic acid groups (broad SMARTS) is 1. The molecule has 1 N–H and O–H groups in total. The highest BCUT2D eigenvalue weighted by Crippen LogP contribution is 2.42. The quantitative estimate of drug-likeness (QED) is 0.753. The molecule has 122 valence electrons. The van der Waals surface area contributed by atoms with Crippen LogP contribution in [-0.4, -0.2) is 11.1 Å². The summed E-state index contributed by atoms with van der Waals surface area (Å²) in [5.41, 5.74) is -2.25. The van der Waals surface area contributed by atoms with E-state index in [4.69, 9.17) is 9.84 Å². The molecule has 0 fully saturated rings. The largest absolute Gasteiger partial charge is 0.488 e. The first-order valence-electron chi connectivity index (χ1n) is 6.21. The Labute approximate surface area is 136 Å². The Bertz CT molecular complexity index is 730. The molecule has 0 heterocycles.